The third kappa shape index (κ3) is 3.31. The third-order valence-corrected chi connectivity index (χ3v) is 3.07. The molecule has 1 heterocycles. The molecule has 0 fully saturated rings. The monoisotopic (exact) mass is 324 g/mol. The molecule has 6 nitrogen and oxygen atoms in total. The van der Waals surface area contributed by atoms with Crippen molar-refractivity contribution in [1.82, 2.24) is 20.3 Å². The zero-order valence-corrected chi connectivity index (χ0v) is 12.1. The predicted molar refractivity (Wildman–Crippen MR) is 72.9 cm³/mol. The maximum Gasteiger partial charge on any atom is 0.251 e. The number of carbonyl (C=O) groups excluding carboxylic acids is 1. The van der Waals surface area contributed by atoms with Crippen molar-refractivity contribution in [3.05, 3.63) is 40.1 Å². The van der Waals surface area contributed by atoms with Crippen LogP contribution >= 0.6 is 15.9 Å². The van der Waals surface area contributed by atoms with Gasteiger partial charge in [0.2, 0.25) is 0 Å². The summed E-state index contributed by atoms with van der Waals surface area (Å²) in [5.41, 5.74) is 1.36. The van der Waals surface area contributed by atoms with E-state index < -0.39 is 0 Å². The fourth-order valence-electron chi connectivity index (χ4n) is 1.56. The Hall–Kier alpha value is -1.89. The van der Waals surface area contributed by atoms with Gasteiger partial charge >= 0.3 is 0 Å². The molecule has 0 unspecified atom stereocenters. The molecule has 0 spiro atoms. The Labute approximate surface area is 118 Å². The van der Waals surface area contributed by atoms with Crippen LogP contribution in [-0.2, 0) is 13.6 Å². The summed E-state index contributed by atoms with van der Waals surface area (Å²) in [5, 5.41) is 10.3. The Bertz CT molecular complexity index is 597. The van der Waals surface area contributed by atoms with Crippen molar-refractivity contribution in [2.75, 3.05) is 7.11 Å². The highest BCUT2D eigenvalue weighted by molar-refractivity contribution is 9.10. The van der Waals surface area contributed by atoms with Gasteiger partial charge in [0.1, 0.15) is 5.75 Å². The van der Waals surface area contributed by atoms with E-state index >= 15 is 0 Å². The van der Waals surface area contributed by atoms with Gasteiger partial charge in [-0.2, -0.15) is 0 Å². The minimum absolute atomic E-state index is 0.180. The lowest BCUT2D eigenvalue weighted by Gasteiger charge is -2.07. The smallest absolute Gasteiger partial charge is 0.251 e. The van der Waals surface area contributed by atoms with Crippen LogP contribution in [0.2, 0.25) is 0 Å². The van der Waals surface area contributed by atoms with Crippen molar-refractivity contribution < 1.29 is 9.53 Å². The second-order valence-electron chi connectivity index (χ2n) is 3.91. The summed E-state index contributed by atoms with van der Waals surface area (Å²) in [4.78, 5) is 12.0. The largest absolute Gasteiger partial charge is 0.497 e. The molecule has 0 atom stereocenters. The van der Waals surface area contributed by atoms with Crippen LogP contribution in [-0.4, -0.2) is 28.0 Å². The molecule has 2 rings (SSSR count). The van der Waals surface area contributed by atoms with Crippen LogP contribution in [0.1, 0.15) is 16.1 Å². The number of aromatic nitrogens is 3. The number of ether oxygens (including phenoxy) is 1. The molecular formula is C12H13BrN4O2. The minimum atomic E-state index is -0.180. The number of rotatable bonds is 4. The highest BCUT2D eigenvalue weighted by Gasteiger charge is 2.09. The fourth-order valence-corrected chi connectivity index (χ4v) is 2.03. The molecule has 1 N–H and O–H groups in total. The number of hydrogen-bond donors (Lipinski definition) is 1. The number of carbonyl (C=O) groups is 1. The zero-order chi connectivity index (χ0) is 13.8. The molecule has 19 heavy (non-hydrogen) atoms. The number of methoxy groups -OCH3 is 1. The average Bonchev–Trinajstić information content (AvgIpc) is 2.80. The van der Waals surface area contributed by atoms with Crippen molar-refractivity contribution >= 4 is 21.8 Å². The topological polar surface area (TPSA) is 69.0 Å². The van der Waals surface area contributed by atoms with E-state index in [1.807, 2.05) is 0 Å². The van der Waals surface area contributed by atoms with Gasteiger partial charge in [0.05, 0.1) is 25.5 Å². The van der Waals surface area contributed by atoms with Gasteiger partial charge in [-0.25, -0.2) is 0 Å². The molecule has 1 aromatic heterocycles. The highest BCUT2D eigenvalue weighted by atomic mass is 79.9. The Morgan fingerprint density at radius 2 is 2.26 bits per heavy atom. The van der Waals surface area contributed by atoms with E-state index in [2.05, 4.69) is 31.6 Å². The first-order chi connectivity index (χ1) is 9.10. The average molecular weight is 325 g/mol. The van der Waals surface area contributed by atoms with Gasteiger partial charge in [0.25, 0.3) is 5.91 Å². The first-order valence-corrected chi connectivity index (χ1v) is 6.36. The van der Waals surface area contributed by atoms with Crippen molar-refractivity contribution in [3.63, 3.8) is 0 Å². The molecule has 7 heteroatoms. The van der Waals surface area contributed by atoms with Gasteiger partial charge in [-0.15, -0.1) is 5.10 Å². The number of halogens is 1. The van der Waals surface area contributed by atoms with Gasteiger partial charge in [-0.05, 0) is 18.2 Å². The predicted octanol–water partition coefficient (Wildman–Crippen LogP) is 1.52. The minimum Gasteiger partial charge on any atom is -0.497 e. The van der Waals surface area contributed by atoms with Crippen LogP contribution in [0.5, 0.6) is 5.75 Å². The summed E-state index contributed by atoms with van der Waals surface area (Å²) >= 11 is 3.34. The van der Waals surface area contributed by atoms with Gasteiger partial charge in [-0.3, -0.25) is 9.48 Å². The number of aryl methyl sites for hydroxylation is 1. The summed E-state index contributed by atoms with van der Waals surface area (Å²) in [6.07, 6.45) is 1.61. The van der Waals surface area contributed by atoms with E-state index in [1.54, 1.807) is 43.2 Å². The molecular weight excluding hydrogens is 312 g/mol. The Kier molecular flexibility index (Phi) is 4.16. The Morgan fingerprint density at radius 1 is 1.47 bits per heavy atom. The molecule has 0 bridgehead atoms. The van der Waals surface area contributed by atoms with E-state index in [0.29, 0.717) is 17.9 Å². The molecule has 0 aliphatic rings. The second-order valence-corrected chi connectivity index (χ2v) is 4.83. The van der Waals surface area contributed by atoms with E-state index in [-0.39, 0.29) is 5.91 Å². The van der Waals surface area contributed by atoms with Gasteiger partial charge < -0.3 is 10.1 Å². The lowest BCUT2D eigenvalue weighted by atomic mass is 10.2. The highest BCUT2D eigenvalue weighted by Crippen LogP contribution is 2.21. The molecule has 1 aromatic carbocycles. The standard InChI is InChI=1S/C12H13BrN4O2/c1-17-10(7-15-16-17)6-14-12(18)8-3-9(13)5-11(4-8)19-2/h3-5,7H,6H2,1-2H3,(H,14,18). The maximum atomic E-state index is 12.0. The number of hydrogen-bond acceptors (Lipinski definition) is 4. The van der Waals surface area contributed by atoms with Crippen LogP contribution < -0.4 is 10.1 Å². The number of amides is 1. The fraction of sp³-hybridized carbons (Fsp3) is 0.250. The quantitative estimate of drug-likeness (QED) is 0.925. The molecule has 0 aliphatic heterocycles. The lowest BCUT2D eigenvalue weighted by Crippen LogP contribution is -2.24. The van der Waals surface area contributed by atoms with Gasteiger partial charge in [0, 0.05) is 17.1 Å². The van der Waals surface area contributed by atoms with Crippen molar-refractivity contribution in [2.24, 2.45) is 7.05 Å². The van der Waals surface area contributed by atoms with Crippen molar-refractivity contribution in [3.8, 4) is 5.75 Å². The molecule has 0 radical (unpaired) electrons. The lowest BCUT2D eigenvalue weighted by molar-refractivity contribution is 0.0949. The zero-order valence-electron chi connectivity index (χ0n) is 10.6. The molecule has 100 valence electrons. The van der Waals surface area contributed by atoms with Crippen LogP contribution in [0.15, 0.2) is 28.9 Å². The first-order valence-electron chi connectivity index (χ1n) is 5.56. The SMILES string of the molecule is COc1cc(Br)cc(C(=O)NCc2cnnn2C)c1. The number of nitrogens with zero attached hydrogens (tertiary/aromatic N) is 3. The molecule has 0 saturated heterocycles. The third-order valence-electron chi connectivity index (χ3n) is 2.61. The Morgan fingerprint density at radius 3 is 2.89 bits per heavy atom. The number of nitrogens with one attached hydrogen (secondary N) is 1. The summed E-state index contributed by atoms with van der Waals surface area (Å²) in [6, 6.07) is 5.21. The molecule has 0 saturated carbocycles. The summed E-state index contributed by atoms with van der Waals surface area (Å²) in [5.74, 6) is 0.447. The Balaban J connectivity index is 2.08. The maximum absolute atomic E-state index is 12.0. The number of benzene rings is 1. The van der Waals surface area contributed by atoms with E-state index in [9.17, 15) is 4.79 Å². The van der Waals surface area contributed by atoms with E-state index in [1.165, 1.54) is 0 Å². The second kappa shape index (κ2) is 5.83. The van der Waals surface area contributed by atoms with E-state index in [4.69, 9.17) is 4.74 Å². The van der Waals surface area contributed by atoms with Gasteiger partial charge in [-0.1, -0.05) is 21.1 Å². The molecule has 0 aliphatic carbocycles. The molecule has 1 amide bonds. The van der Waals surface area contributed by atoms with Crippen LogP contribution in [0.4, 0.5) is 0 Å². The van der Waals surface area contributed by atoms with E-state index in [0.717, 1.165) is 10.2 Å². The van der Waals surface area contributed by atoms with Crippen molar-refractivity contribution in [2.45, 2.75) is 6.54 Å². The van der Waals surface area contributed by atoms with Crippen molar-refractivity contribution in [1.29, 1.82) is 0 Å². The first kappa shape index (κ1) is 13.5. The van der Waals surface area contributed by atoms with Gasteiger partial charge in [0.15, 0.2) is 0 Å². The molecule has 2 aromatic rings. The normalized spacial score (nSPS) is 10.3. The van der Waals surface area contributed by atoms with Crippen LogP contribution in [0.25, 0.3) is 0 Å². The van der Waals surface area contributed by atoms with Crippen LogP contribution in [0.3, 0.4) is 0 Å². The summed E-state index contributed by atoms with van der Waals surface area (Å²) < 4.78 is 7.53. The summed E-state index contributed by atoms with van der Waals surface area (Å²) in [7, 11) is 3.33. The summed E-state index contributed by atoms with van der Waals surface area (Å²) in [6.45, 7) is 0.372. The van der Waals surface area contributed by atoms with Crippen LogP contribution in [0, 0.1) is 0 Å².